The Hall–Kier alpha value is -1.99. The van der Waals surface area contributed by atoms with Crippen LogP contribution >= 0.6 is 8.25 Å². The molecule has 134 valence electrons. The number of hydrogen-bond donors (Lipinski definition) is 2. The summed E-state index contributed by atoms with van der Waals surface area (Å²) >= 11 is 0. The van der Waals surface area contributed by atoms with Gasteiger partial charge in [0.05, 0.1) is 6.10 Å². The SMILES string of the molecule is C[C@H]1C[C@@H](CO[P+](=O)Oc2ccccc2)O[C@H]1N1C=CC(=O)NC1O. The first-order valence-corrected chi connectivity index (χ1v) is 9.05. The summed E-state index contributed by atoms with van der Waals surface area (Å²) < 4.78 is 28.2. The van der Waals surface area contributed by atoms with Gasteiger partial charge in [-0.15, -0.1) is 4.52 Å². The molecule has 0 bridgehead atoms. The van der Waals surface area contributed by atoms with Crippen LogP contribution in [0.25, 0.3) is 0 Å². The van der Waals surface area contributed by atoms with E-state index in [1.807, 2.05) is 13.0 Å². The molecule has 1 saturated heterocycles. The number of ether oxygens (including phenoxy) is 1. The molecule has 2 unspecified atom stereocenters. The van der Waals surface area contributed by atoms with Crippen molar-refractivity contribution in [2.24, 2.45) is 5.92 Å². The highest BCUT2D eigenvalue weighted by Crippen LogP contribution is 2.33. The molecule has 1 aromatic carbocycles. The molecule has 25 heavy (non-hydrogen) atoms. The van der Waals surface area contributed by atoms with Crippen LogP contribution in [0.2, 0.25) is 0 Å². The van der Waals surface area contributed by atoms with E-state index in [0.717, 1.165) is 0 Å². The lowest BCUT2D eigenvalue weighted by molar-refractivity contribution is -0.145. The molecule has 1 aromatic rings. The van der Waals surface area contributed by atoms with Crippen LogP contribution in [0.15, 0.2) is 42.6 Å². The fourth-order valence-electron chi connectivity index (χ4n) is 2.84. The zero-order valence-corrected chi connectivity index (χ0v) is 14.5. The summed E-state index contributed by atoms with van der Waals surface area (Å²) in [4.78, 5) is 12.7. The first-order chi connectivity index (χ1) is 12.0. The molecular formula is C16H20N2O6P+. The third-order valence-corrected chi connectivity index (χ3v) is 4.71. The first kappa shape index (κ1) is 17.8. The monoisotopic (exact) mass is 367 g/mol. The molecule has 3 rings (SSSR count). The number of para-hydroxylation sites is 1. The summed E-state index contributed by atoms with van der Waals surface area (Å²) in [5.41, 5.74) is 0. The van der Waals surface area contributed by atoms with Crippen LogP contribution in [-0.4, -0.2) is 41.2 Å². The van der Waals surface area contributed by atoms with Crippen molar-refractivity contribution >= 4 is 14.2 Å². The Labute approximate surface area is 146 Å². The Bertz CT molecular complexity index is 655. The fraction of sp³-hybridized carbons (Fsp3) is 0.438. The van der Waals surface area contributed by atoms with Crippen molar-refractivity contribution in [3.05, 3.63) is 42.6 Å². The number of aliphatic hydroxyl groups is 1. The Morgan fingerprint density at radius 2 is 2.16 bits per heavy atom. The van der Waals surface area contributed by atoms with Gasteiger partial charge in [-0.3, -0.25) is 4.79 Å². The van der Waals surface area contributed by atoms with E-state index in [9.17, 15) is 14.5 Å². The van der Waals surface area contributed by atoms with E-state index in [1.165, 1.54) is 17.2 Å². The average molecular weight is 367 g/mol. The third kappa shape index (κ3) is 4.55. The average Bonchev–Trinajstić information content (AvgIpc) is 2.95. The number of carbonyl (C=O) groups is 1. The zero-order valence-electron chi connectivity index (χ0n) is 13.6. The second-order valence-corrected chi connectivity index (χ2v) is 6.82. The molecular weight excluding hydrogens is 347 g/mol. The van der Waals surface area contributed by atoms with Gasteiger partial charge in [0.25, 0.3) is 0 Å². The zero-order chi connectivity index (χ0) is 17.8. The minimum absolute atomic E-state index is 0.0934. The summed E-state index contributed by atoms with van der Waals surface area (Å²) in [7, 11) is -2.29. The number of hydrogen-bond acceptors (Lipinski definition) is 7. The highest BCUT2D eigenvalue weighted by atomic mass is 31.1. The van der Waals surface area contributed by atoms with Crippen LogP contribution in [0.3, 0.4) is 0 Å². The van der Waals surface area contributed by atoms with Crippen molar-refractivity contribution in [3.8, 4) is 5.75 Å². The lowest BCUT2D eigenvalue weighted by Gasteiger charge is -2.35. The molecule has 2 aliphatic heterocycles. The molecule has 2 N–H and O–H groups in total. The third-order valence-electron chi connectivity index (χ3n) is 3.99. The van der Waals surface area contributed by atoms with Crippen LogP contribution in [0.5, 0.6) is 5.75 Å². The van der Waals surface area contributed by atoms with E-state index in [-0.39, 0.29) is 24.5 Å². The van der Waals surface area contributed by atoms with E-state index in [2.05, 4.69) is 5.32 Å². The summed E-state index contributed by atoms with van der Waals surface area (Å²) in [6.07, 6.45) is 1.68. The van der Waals surface area contributed by atoms with Crippen molar-refractivity contribution in [3.63, 3.8) is 0 Å². The van der Waals surface area contributed by atoms with Crippen LogP contribution < -0.4 is 9.84 Å². The molecule has 2 aliphatic rings. The van der Waals surface area contributed by atoms with Crippen molar-refractivity contribution in [2.75, 3.05) is 6.61 Å². The van der Waals surface area contributed by atoms with Gasteiger partial charge in [-0.2, -0.15) is 0 Å². The van der Waals surface area contributed by atoms with Crippen LogP contribution in [0, 0.1) is 5.92 Å². The van der Waals surface area contributed by atoms with Crippen molar-refractivity contribution in [1.82, 2.24) is 10.2 Å². The maximum Gasteiger partial charge on any atom is 0.750 e. The lowest BCUT2D eigenvalue weighted by atomic mass is 10.1. The number of aliphatic hydroxyl groups excluding tert-OH is 1. The fourth-order valence-corrected chi connectivity index (χ4v) is 3.47. The van der Waals surface area contributed by atoms with Crippen molar-refractivity contribution < 1.29 is 28.3 Å². The lowest BCUT2D eigenvalue weighted by Crippen LogP contribution is -2.53. The van der Waals surface area contributed by atoms with Crippen LogP contribution in [0.1, 0.15) is 13.3 Å². The predicted molar refractivity (Wildman–Crippen MR) is 88.2 cm³/mol. The van der Waals surface area contributed by atoms with Gasteiger partial charge in [0.1, 0.15) is 12.8 Å². The number of rotatable bonds is 6. The Kier molecular flexibility index (Phi) is 5.65. The number of nitrogens with zero attached hydrogens (tertiary/aromatic N) is 1. The van der Waals surface area contributed by atoms with E-state index in [0.29, 0.717) is 12.2 Å². The molecule has 8 nitrogen and oxygen atoms in total. The molecule has 0 spiro atoms. The molecule has 1 fully saturated rings. The minimum atomic E-state index is -2.29. The van der Waals surface area contributed by atoms with Gasteiger partial charge in [0, 0.05) is 22.8 Å². The number of nitrogens with one attached hydrogen (secondary N) is 1. The Morgan fingerprint density at radius 1 is 1.40 bits per heavy atom. The molecule has 5 atom stereocenters. The first-order valence-electron chi connectivity index (χ1n) is 7.96. The van der Waals surface area contributed by atoms with Gasteiger partial charge >= 0.3 is 8.25 Å². The maximum atomic E-state index is 11.9. The Morgan fingerprint density at radius 3 is 2.88 bits per heavy atom. The summed E-state index contributed by atoms with van der Waals surface area (Å²) in [5, 5.41) is 12.3. The quantitative estimate of drug-likeness (QED) is 0.739. The highest BCUT2D eigenvalue weighted by Gasteiger charge is 2.40. The molecule has 0 saturated carbocycles. The van der Waals surface area contributed by atoms with E-state index < -0.39 is 20.8 Å². The summed E-state index contributed by atoms with van der Waals surface area (Å²) in [6.45, 7) is 2.09. The second kappa shape index (κ2) is 7.93. The van der Waals surface area contributed by atoms with Gasteiger partial charge in [0.15, 0.2) is 5.75 Å². The van der Waals surface area contributed by atoms with E-state index in [1.54, 1.807) is 24.3 Å². The second-order valence-electron chi connectivity index (χ2n) is 5.93. The topological polar surface area (TPSA) is 97.3 Å². The standard InChI is InChI=1S/C16H19N2O6P/c1-11-9-13(10-22-25(21)24-12-5-3-2-4-6-12)23-15(11)18-8-7-14(19)17-16(18)20/h2-8,11,13,15-16,20H,9-10H2,1H3/p+1/t11-,13-,15+,16?/m0/s1. The van der Waals surface area contributed by atoms with Crippen LogP contribution in [-0.2, 0) is 18.6 Å². The largest absolute Gasteiger partial charge is 0.750 e. The predicted octanol–water partition coefficient (Wildman–Crippen LogP) is 1.71. The van der Waals surface area contributed by atoms with Gasteiger partial charge in [0.2, 0.25) is 12.3 Å². The van der Waals surface area contributed by atoms with Crippen molar-refractivity contribution in [2.45, 2.75) is 32.0 Å². The van der Waals surface area contributed by atoms with Crippen molar-refractivity contribution in [1.29, 1.82) is 0 Å². The number of benzene rings is 1. The number of amides is 1. The molecule has 0 aromatic heterocycles. The molecule has 1 amide bonds. The number of carbonyl (C=O) groups excluding carboxylic acids is 1. The summed E-state index contributed by atoms with van der Waals surface area (Å²) in [5.74, 6) is 0.208. The maximum absolute atomic E-state index is 11.9. The molecule has 9 heteroatoms. The molecule has 2 heterocycles. The summed E-state index contributed by atoms with van der Waals surface area (Å²) in [6, 6.07) is 8.78. The van der Waals surface area contributed by atoms with Gasteiger partial charge in [-0.25, -0.2) is 4.52 Å². The minimum Gasteiger partial charge on any atom is -0.356 e. The van der Waals surface area contributed by atoms with Crippen LogP contribution in [0.4, 0.5) is 0 Å². The van der Waals surface area contributed by atoms with Gasteiger partial charge in [-0.1, -0.05) is 25.1 Å². The van der Waals surface area contributed by atoms with Gasteiger partial charge in [-0.05, 0) is 18.6 Å². The molecule has 0 aliphatic carbocycles. The van der Waals surface area contributed by atoms with E-state index >= 15 is 0 Å². The Balaban J connectivity index is 1.49. The molecule has 0 radical (unpaired) electrons. The normalized spacial score (nSPS) is 29.4. The highest BCUT2D eigenvalue weighted by molar-refractivity contribution is 7.33. The smallest absolute Gasteiger partial charge is 0.356 e. The van der Waals surface area contributed by atoms with Gasteiger partial charge < -0.3 is 20.1 Å². The van der Waals surface area contributed by atoms with E-state index in [4.69, 9.17) is 13.8 Å².